The van der Waals surface area contributed by atoms with Crippen molar-refractivity contribution < 1.29 is 40.7 Å². The van der Waals surface area contributed by atoms with E-state index in [1.807, 2.05) is 0 Å². The van der Waals surface area contributed by atoms with Crippen molar-refractivity contribution in [3.8, 4) is 0 Å². The Bertz CT molecular complexity index is 1240. The van der Waals surface area contributed by atoms with Crippen LogP contribution in [-0.4, -0.2) is 35.7 Å². The molecule has 210 valence electrons. The molecule has 12 heteroatoms. The van der Waals surface area contributed by atoms with Crippen molar-refractivity contribution in [3.05, 3.63) is 70.8 Å². The summed E-state index contributed by atoms with van der Waals surface area (Å²) in [5.41, 5.74) is 4.43. The van der Waals surface area contributed by atoms with E-state index in [1.54, 1.807) is 37.3 Å². The Balaban J connectivity index is 2.06. The Morgan fingerprint density at radius 2 is 1.67 bits per heavy atom. The number of rotatable bonds is 9. The van der Waals surface area contributed by atoms with Gasteiger partial charge in [0.25, 0.3) is 0 Å². The minimum atomic E-state index is -4.78. The van der Waals surface area contributed by atoms with Gasteiger partial charge in [-0.05, 0) is 24.5 Å². The van der Waals surface area contributed by atoms with Crippen LogP contribution < -0.4 is 11.1 Å². The van der Waals surface area contributed by atoms with Crippen molar-refractivity contribution in [2.75, 3.05) is 0 Å². The topological polar surface area (TPSA) is 102 Å². The lowest BCUT2D eigenvalue weighted by molar-refractivity contribution is -0.146. The number of amides is 2. The van der Waals surface area contributed by atoms with Gasteiger partial charge in [0, 0.05) is 35.8 Å². The molecule has 6 nitrogen and oxygen atoms in total. The Morgan fingerprint density at radius 3 is 2.23 bits per heavy atom. The van der Waals surface area contributed by atoms with Gasteiger partial charge >= 0.3 is 12.4 Å². The van der Waals surface area contributed by atoms with E-state index in [0.717, 1.165) is 6.07 Å². The molecule has 0 bridgehead atoms. The van der Waals surface area contributed by atoms with Gasteiger partial charge in [-0.25, -0.2) is 0 Å². The minimum Gasteiger partial charge on any atom is -0.369 e. The van der Waals surface area contributed by atoms with Gasteiger partial charge in [0.15, 0.2) is 11.9 Å². The zero-order valence-corrected chi connectivity index (χ0v) is 20.9. The number of fused-ring (bicyclic) bond motifs is 1. The first-order valence-corrected chi connectivity index (χ1v) is 12.2. The highest BCUT2D eigenvalue weighted by Crippen LogP contribution is 2.36. The third kappa shape index (κ3) is 7.45. The standard InChI is InChI=1S/C27H27F6N3O3/c1-2-7-17(23(34)38)18(12-13-26(28,29)30)25(39)36-24-21(37)14-19-16(10-6-11-20(19)27(31,32)33)22(35-24)15-8-4-3-5-9-15/h3-6,8-11,17-18,24H,2,7,12-14H2,1H3,(H2,34,38)(H,36,39)/t17-,18+,24+/m0/s1. The van der Waals surface area contributed by atoms with Gasteiger partial charge in [-0.2, -0.15) is 26.3 Å². The maximum absolute atomic E-state index is 13.8. The highest BCUT2D eigenvalue weighted by atomic mass is 19.4. The molecule has 2 aromatic carbocycles. The van der Waals surface area contributed by atoms with E-state index in [9.17, 15) is 40.7 Å². The van der Waals surface area contributed by atoms with Gasteiger partial charge in [0.1, 0.15) is 0 Å². The van der Waals surface area contributed by atoms with Crippen molar-refractivity contribution >= 4 is 23.3 Å². The molecule has 3 rings (SSSR count). The molecule has 1 heterocycles. The maximum atomic E-state index is 13.8. The fraction of sp³-hybridized carbons (Fsp3) is 0.407. The second-order valence-corrected chi connectivity index (χ2v) is 9.29. The Hall–Kier alpha value is -3.70. The summed E-state index contributed by atoms with van der Waals surface area (Å²) in [7, 11) is 0. The smallest absolute Gasteiger partial charge is 0.369 e. The lowest BCUT2D eigenvalue weighted by Gasteiger charge is -2.25. The molecule has 3 atom stereocenters. The third-order valence-corrected chi connectivity index (χ3v) is 6.50. The molecule has 0 fully saturated rings. The number of Topliss-reactive ketones (excluding diaryl/α,β-unsaturated/α-hetero) is 1. The third-order valence-electron chi connectivity index (χ3n) is 6.50. The molecule has 0 saturated carbocycles. The number of aliphatic imine (C=N–C) groups is 1. The number of hydrogen-bond acceptors (Lipinski definition) is 4. The first-order chi connectivity index (χ1) is 18.2. The summed E-state index contributed by atoms with van der Waals surface area (Å²) in [6.45, 7) is 1.66. The Labute approximate surface area is 220 Å². The van der Waals surface area contributed by atoms with E-state index in [2.05, 4.69) is 10.3 Å². The lowest BCUT2D eigenvalue weighted by Crippen LogP contribution is -2.47. The second-order valence-electron chi connectivity index (χ2n) is 9.29. The van der Waals surface area contributed by atoms with Crippen molar-refractivity contribution in [3.63, 3.8) is 0 Å². The minimum absolute atomic E-state index is 0.000277. The number of carbonyl (C=O) groups is 3. The first-order valence-electron chi connectivity index (χ1n) is 12.2. The van der Waals surface area contributed by atoms with Gasteiger partial charge < -0.3 is 11.1 Å². The van der Waals surface area contributed by atoms with Crippen molar-refractivity contribution in [1.29, 1.82) is 0 Å². The highest BCUT2D eigenvalue weighted by molar-refractivity contribution is 6.16. The molecule has 1 aliphatic heterocycles. The van der Waals surface area contributed by atoms with Crippen LogP contribution in [0.3, 0.4) is 0 Å². The van der Waals surface area contributed by atoms with Crippen LogP contribution in [0.15, 0.2) is 53.5 Å². The number of carbonyl (C=O) groups excluding carboxylic acids is 3. The predicted octanol–water partition coefficient (Wildman–Crippen LogP) is 4.97. The molecule has 0 unspecified atom stereocenters. The summed E-state index contributed by atoms with van der Waals surface area (Å²) in [5, 5.41) is 2.30. The molecular formula is C27H27F6N3O3. The zero-order valence-electron chi connectivity index (χ0n) is 20.9. The number of hydrogen-bond donors (Lipinski definition) is 2. The van der Waals surface area contributed by atoms with Crippen LogP contribution in [0.5, 0.6) is 0 Å². The summed E-state index contributed by atoms with van der Waals surface area (Å²) in [6.07, 6.45) is -13.6. The fourth-order valence-corrected chi connectivity index (χ4v) is 4.67. The quantitative estimate of drug-likeness (QED) is 0.427. The van der Waals surface area contributed by atoms with Crippen LogP contribution in [0.25, 0.3) is 0 Å². The van der Waals surface area contributed by atoms with Gasteiger partial charge in [-0.15, -0.1) is 0 Å². The fourth-order valence-electron chi connectivity index (χ4n) is 4.67. The number of nitrogens with two attached hydrogens (primary N) is 1. The lowest BCUT2D eigenvalue weighted by atomic mass is 9.83. The number of nitrogens with one attached hydrogen (secondary N) is 1. The molecule has 0 aliphatic carbocycles. The molecular weight excluding hydrogens is 528 g/mol. The average molecular weight is 556 g/mol. The SMILES string of the molecule is CCC[C@H](C(N)=O)[C@@H](CCC(F)(F)F)C(=O)N[C@H]1N=C(c2ccccc2)c2cccc(C(F)(F)F)c2CC1=O. The monoisotopic (exact) mass is 555 g/mol. The molecule has 39 heavy (non-hydrogen) atoms. The second kappa shape index (κ2) is 12.0. The van der Waals surface area contributed by atoms with Crippen molar-refractivity contribution in [2.45, 2.75) is 57.5 Å². The summed E-state index contributed by atoms with van der Waals surface area (Å²) in [4.78, 5) is 42.8. The Kier molecular flexibility index (Phi) is 9.18. The molecule has 1 aliphatic rings. The summed E-state index contributed by atoms with van der Waals surface area (Å²) < 4.78 is 80.6. The first kappa shape index (κ1) is 29.9. The number of primary amides is 1. The maximum Gasteiger partial charge on any atom is 0.416 e. The van der Waals surface area contributed by atoms with Crippen LogP contribution in [0, 0.1) is 11.8 Å². The summed E-state index contributed by atoms with van der Waals surface area (Å²) in [6, 6.07) is 11.4. The van der Waals surface area contributed by atoms with Gasteiger partial charge in [-0.3, -0.25) is 19.4 Å². The number of nitrogens with zero attached hydrogens (tertiary/aromatic N) is 1. The van der Waals surface area contributed by atoms with Gasteiger partial charge in [0.2, 0.25) is 11.8 Å². The van der Waals surface area contributed by atoms with E-state index in [-0.39, 0.29) is 23.3 Å². The molecule has 0 aromatic heterocycles. The van der Waals surface area contributed by atoms with Gasteiger partial charge in [-0.1, -0.05) is 55.8 Å². The van der Waals surface area contributed by atoms with E-state index in [4.69, 9.17) is 5.73 Å². The number of halogens is 6. The van der Waals surface area contributed by atoms with Crippen LogP contribution >= 0.6 is 0 Å². The van der Waals surface area contributed by atoms with E-state index in [1.165, 1.54) is 12.1 Å². The molecule has 3 N–H and O–H groups in total. The van der Waals surface area contributed by atoms with Crippen LogP contribution in [0.4, 0.5) is 26.3 Å². The average Bonchev–Trinajstić information content (AvgIpc) is 2.98. The van der Waals surface area contributed by atoms with Crippen LogP contribution in [0.2, 0.25) is 0 Å². The molecule has 0 saturated heterocycles. The molecule has 2 aromatic rings. The van der Waals surface area contributed by atoms with Gasteiger partial charge in [0.05, 0.1) is 11.3 Å². The summed E-state index contributed by atoms with van der Waals surface area (Å²) >= 11 is 0. The van der Waals surface area contributed by atoms with Crippen LogP contribution in [0.1, 0.15) is 54.9 Å². The normalized spacial score (nSPS) is 17.5. The van der Waals surface area contributed by atoms with E-state index in [0.29, 0.717) is 12.0 Å². The molecule has 0 spiro atoms. The highest BCUT2D eigenvalue weighted by Gasteiger charge is 2.40. The molecule has 0 radical (unpaired) electrons. The number of ketones is 1. The van der Waals surface area contributed by atoms with Crippen LogP contribution in [-0.2, 0) is 27.0 Å². The Morgan fingerprint density at radius 1 is 1.00 bits per heavy atom. The zero-order chi connectivity index (χ0) is 29.0. The summed E-state index contributed by atoms with van der Waals surface area (Å²) in [5.74, 6) is -5.70. The predicted molar refractivity (Wildman–Crippen MR) is 131 cm³/mol. The molecule has 2 amide bonds. The van der Waals surface area contributed by atoms with E-state index >= 15 is 0 Å². The number of alkyl halides is 6. The number of benzene rings is 2. The largest absolute Gasteiger partial charge is 0.416 e. The van der Waals surface area contributed by atoms with Crippen molar-refractivity contribution in [2.24, 2.45) is 22.6 Å². The van der Waals surface area contributed by atoms with E-state index < -0.39 is 72.8 Å². The van der Waals surface area contributed by atoms with Crippen molar-refractivity contribution in [1.82, 2.24) is 5.32 Å².